The molecule has 1 aliphatic heterocycles. The van der Waals surface area contributed by atoms with Crippen molar-refractivity contribution >= 4 is 39.4 Å². The SMILES string of the molecule is O=C(COc1ccc(Br)cc1Cl)NC1COCC1C(=O)O. The van der Waals surface area contributed by atoms with E-state index in [0.717, 1.165) is 4.47 Å². The molecule has 1 heterocycles. The summed E-state index contributed by atoms with van der Waals surface area (Å²) in [5.41, 5.74) is 0. The Hall–Kier alpha value is -1.31. The van der Waals surface area contributed by atoms with Crippen molar-refractivity contribution in [3.8, 4) is 5.75 Å². The highest BCUT2D eigenvalue weighted by Gasteiger charge is 2.35. The maximum Gasteiger partial charge on any atom is 0.311 e. The first-order chi connectivity index (χ1) is 9.97. The minimum absolute atomic E-state index is 0.0969. The molecule has 1 amide bonds. The molecule has 1 saturated heterocycles. The molecule has 6 nitrogen and oxygen atoms in total. The largest absolute Gasteiger partial charge is 0.482 e. The molecule has 1 aromatic carbocycles. The maximum atomic E-state index is 11.8. The Morgan fingerprint density at radius 1 is 1.48 bits per heavy atom. The molecule has 0 spiro atoms. The van der Waals surface area contributed by atoms with Gasteiger partial charge in [-0.1, -0.05) is 27.5 Å². The van der Waals surface area contributed by atoms with Crippen LogP contribution in [0.2, 0.25) is 5.02 Å². The van der Waals surface area contributed by atoms with E-state index in [4.69, 9.17) is 26.2 Å². The second kappa shape index (κ2) is 7.11. The van der Waals surface area contributed by atoms with Crippen molar-refractivity contribution in [2.45, 2.75) is 6.04 Å². The van der Waals surface area contributed by atoms with E-state index in [9.17, 15) is 9.59 Å². The summed E-state index contributed by atoms with van der Waals surface area (Å²) >= 11 is 9.23. The van der Waals surface area contributed by atoms with Gasteiger partial charge in [-0.25, -0.2) is 0 Å². The molecule has 1 aromatic rings. The minimum atomic E-state index is -0.991. The Morgan fingerprint density at radius 3 is 2.90 bits per heavy atom. The third kappa shape index (κ3) is 4.33. The van der Waals surface area contributed by atoms with Crippen molar-refractivity contribution in [2.24, 2.45) is 5.92 Å². The van der Waals surface area contributed by atoms with Gasteiger partial charge < -0.3 is 19.9 Å². The molecule has 0 bridgehead atoms. The number of nitrogens with one attached hydrogen (secondary N) is 1. The van der Waals surface area contributed by atoms with Crippen LogP contribution in [-0.4, -0.2) is 42.8 Å². The number of carbonyl (C=O) groups excluding carboxylic acids is 1. The Bertz CT molecular complexity index is 553. The summed E-state index contributed by atoms with van der Waals surface area (Å²) in [5.74, 6) is -1.76. The fourth-order valence-electron chi connectivity index (χ4n) is 1.92. The molecule has 8 heteroatoms. The van der Waals surface area contributed by atoms with Crippen LogP contribution in [0.15, 0.2) is 22.7 Å². The molecular formula is C13H13BrClNO5. The van der Waals surface area contributed by atoms with Crippen molar-refractivity contribution in [2.75, 3.05) is 19.8 Å². The third-order valence-corrected chi connectivity index (χ3v) is 3.79. The number of carbonyl (C=O) groups is 2. The first kappa shape index (κ1) is 16.1. The van der Waals surface area contributed by atoms with Gasteiger partial charge in [-0.3, -0.25) is 9.59 Å². The lowest BCUT2D eigenvalue weighted by Gasteiger charge is -2.16. The van der Waals surface area contributed by atoms with Gasteiger partial charge in [-0.15, -0.1) is 0 Å². The van der Waals surface area contributed by atoms with Gasteiger partial charge in [-0.05, 0) is 18.2 Å². The molecule has 0 radical (unpaired) electrons. The summed E-state index contributed by atoms with van der Waals surface area (Å²) in [6.45, 7) is 0.0333. The lowest BCUT2D eigenvalue weighted by molar-refractivity contribution is -0.142. The third-order valence-electron chi connectivity index (χ3n) is 3.00. The van der Waals surface area contributed by atoms with Gasteiger partial charge >= 0.3 is 5.97 Å². The van der Waals surface area contributed by atoms with Gasteiger partial charge in [0.15, 0.2) is 6.61 Å². The van der Waals surface area contributed by atoms with Gasteiger partial charge in [0.2, 0.25) is 0 Å². The molecule has 0 aromatic heterocycles. The molecule has 1 fully saturated rings. The highest BCUT2D eigenvalue weighted by Crippen LogP contribution is 2.27. The fourth-order valence-corrected chi connectivity index (χ4v) is 2.65. The number of carboxylic acids is 1. The summed E-state index contributed by atoms with van der Waals surface area (Å²) in [4.78, 5) is 22.7. The predicted octanol–water partition coefficient (Wildman–Crippen LogP) is 1.70. The van der Waals surface area contributed by atoms with E-state index in [0.29, 0.717) is 10.8 Å². The Labute approximate surface area is 134 Å². The predicted molar refractivity (Wildman–Crippen MR) is 78.5 cm³/mol. The van der Waals surface area contributed by atoms with Crippen LogP contribution in [0.3, 0.4) is 0 Å². The molecule has 1 aliphatic rings. The quantitative estimate of drug-likeness (QED) is 0.814. The zero-order valence-corrected chi connectivity index (χ0v) is 13.2. The molecule has 0 saturated carbocycles. The number of halogens is 2. The highest BCUT2D eigenvalue weighted by molar-refractivity contribution is 9.10. The lowest BCUT2D eigenvalue weighted by Crippen LogP contribution is -2.44. The van der Waals surface area contributed by atoms with Gasteiger partial charge in [-0.2, -0.15) is 0 Å². The van der Waals surface area contributed by atoms with Gasteiger partial charge in [0.05, 0.1) is 24.3 Å². The maximum absolute atomic E-state index is 11.8. The number of aliphatic carboxylic acids is 1. The molecule has 2 unspecified atom stereocenters. The summed E-state index contributed by atoms with van der Waals surface area (Å²) in [5, 5.41) is 12.0. The van der Waals surface area contributed by atoms with Crippen molar-refractivity contribution in [1.82, 2.24) is 5.32 Å². The van der Waals surface area contributed by atoms with Crippen LogP contribution in [0, 0.1) is 5.92 Å². The average Bonchev–Trinajstić information content (AvgIpc) is 2.86. The first-order valence-electron chi connectivity index (χ1n) is 6.15. The summed E-state index contributed by atoms with van der Waals surface area (Å²) in [7, 11) is 0. The summed E-state index contributed by atoms with van der Waals surface area (Å²) < 4.78 is 11.2. The smallest absolute Gasteiger partial charge is 0.311 e. The standard InChI is InChI=1S/C13H13BrClNO5/c14-7-1-2-11(9(15)3-7)21-6-12(17)16-10-5-20-4-8(10)13(18)19/h1-3,8,10H,4-6H2,(H,16,17)(H,18,19). The molecule has 21 heavy (non-hydrogen) atoms. The van der Waals surface area contributed by atoms with E-state index in [1.54, 1.807) is 18.2 Å². The van der Waals surface area contributed by atoms with Crippen LogP contribution >= 0.6 is 27.5 Å². The number of amides is 1. The van der Waals surface area contributed by atoms with Crippen molar-refractivity contribution in [3.05, 3.63) is 27.7 Å². The van der Waals surface area contributed by atoms with Crippen LogP contribution in [0.1, 0.15) is 0 Å². The second-order valence-corrected chi connectivity index (χ2v) is 5.84. The number of carboxylic acid groups (broad SMARTS) is 1. The van der Waals surface area contributed by atoms with E-state index >= 15 is 0 Å². The zero-order chi connectivity index (χ0) is 15.4. The van der Waals surface area contributed by atoms with Gasteiger partial charge in [0, 0.05) is 4.47 Å². The van der Waals surface area contributed by atoms with Crippen LogP contribution in [-0.2, 0) is 14.3 Å². The lowest BCUT2D eigenvalue weighted by atomic mass is 10.0. The Balaban J connectivity index is 1.86. The minimum Gasteiger partial charge on any atom is -0.482 e. The molecule has 114 valence electrons. The van der Waals surface area contributed by atoms with Gasteiger partial charge in [0.25, 0.3) is 5.91 Å². The number of hydrogen-bond donors (Lipinski definition) is 2. The number of benzene rings is 1. The molecule has 2 N–H and O–H groups in total. The number of rotatable bonds is 5. The van der Waals surface area contributed by atoms with Crippen LogP contribution in [0.5, 0.6) is 5.75 Å². The zero-order valence-electron chi connectivity index (χ0n) is 10.8. The number of hydrogen-bond acceptors (Lipinski definition) is 4. The molecule has 2 rings (SSSR count). The Morgan fingerprint density at radius 2 is 2.24 bits per heavy atom. The van der Waals surface area contributed by atoms with E-state index < -0.39 is 23.8 Å². The van der Waals surface area contributed by atoms with Gasteiger partial charge in [0.1, 0.15) is 11.7 Å². The molecule has 0 aliphatic carbocycles. The van der Waals surface area contributed by atoms with E-state index in [2.05, 4.69) is 21.2 Å². The first-order valence-corrected chi connectivity index (χ1v) is 7.32. The number of ether oxygens (including phenoxy) is 2. The van der Waals surface area contributed by atoms with E-state index in [1.165, 1.54) is 0 Å². The van der Waals surface area contributed by atoms with E-state index in [-0.39, 0.29) is 19.8 Å². The van der Waals surface area contributed by atoms with Crippen molar-refractivity contribution in [1.29, 1.82) is 0 Å². The Kier molecular flexibility index (Phi) is 5.44. The fraction of sp³-hybridized carbons (Fsp3) is 0.385. The molecule has 2 atom stereocenters. The summed E-state index contributed by atoms with van der Waals surface area (Å²) in [6, 6.07) is 4.49. The average molecular weight is 379 g/mol. The monoisotopic (exact) mass is 377 g/mol. The molecular weight excluding hydrogens is 366 g/mol. The van der Waals surface area contributed by atoms with Crippen LogP contribution < -0.4 is 10.1 Å². The summed E-state index contributed by atoms with van der Waals surface area (Å²) in [6.07, 6.45) is 0. The normalized spacial score (nSPS) is 21.0. The topological polar surface area (TPSA) is 84.9 Å². The van der Waals surface area contributed by atoms with Crippen molar-refractivity contribution < 1.29 is 24.2 Å². The van der Waals surface area contributed by atoms with Crippen LogP contribution in [0.4, 0.5) is 0 Å². The highest BCUT2D eigenvalue weighted by atomic mass is 79.9. The van der Waals surface area contributed by atoms with E-state index in [1.807, 2.05) is 0 Å². The second-order valence-electron chi connectivity index (χ2n) is 4.52. The van der Waals surface area contributed by atoms with Crippen LogP contribution in [0.25, 0.3) is 0 Å². The van der Waals surface area contributed by atoms with Crippen molar-refractivity contribution in [3.63, 3.8) is 0 Å².